The first-order valence-electron chi connectivity index (χ1n) is 12.5. The van der Waals surface area contributed by atoms with Gasteiger partial charge in [-0.3, -0.25) is 9.59 Å². The summed E-state index contributed by atoms with van der Waals surface area (Å²) in [4.78, 5) is 29.0. The molecule has 1 unspecified atom stereocenters. The van der Waals surface area contributed by atoms with Gasteiger partial charge in [0.2, 0.25) is 17.3 Å². The van der Waals surface area contributed by atoms with Gasteiger partial charge in [-0.1, -0.05) is 35.4 Å². The Bertz CT molecular complexity index is 1430. The SMILES string of the molecule is Cc1cc(C)cc(-c2ccc3c(c2)[N+]([O-])=C2C3=C[C@@]34NC(=O)[C@]5(CCCN5C3=O)CC4C2(C)C)c1. The fraction of sp³-hybridized carbons (Fsp3) is 0.414. The van der Waals surface area contributed by atoms with Crippen molar-refractivity contribution in [3.05, 3.63) is 64.4 Å². The summed E-state index contributed by atoms with van der Waals surface area (Å²) in [6, 6.07) is 12.4. The first kappa shape index (κ1) is 20.9. The number of carbonyl (C=O) groups excluding carboxylic acids is 2. The molecule has 5 heterocycles. The van der Waals surface area contributed by atoms with Gasteiger partial charge in [-0.25, -0.2) is 0 Å². The normalized spacial score (nSPS) is 31.6. The molecule has 6 aliphatic rings. The molecular formula is C29H29N3O3. The van der Waals surface area contributed by atoms with Crippen molar-refractivity contribution in [2.24, 2.45) is 11.3 Å². The predicted molar refractivity (Wildman–Crippen MR) is 134 cm³/mol. The highest BCUT2D eigenvalue weighted by atomic mass is 16.5. The summed E-state index contributed by atoms with van der Waals surface area (Å²) in [5.74, 6) is -0.217. The third kappa shape index (κ3) is 2.33. The summed E-state index contributed by atoms with van der Waals surface area (Å²) >= 11 is 0. The molecule has 35 heavy (non-hydrogen) atoms. The lowest BCUT2D eigenvalue weighted by molar-refractivity contribution is -0.362. The number of carbonyl (C=O) groups is 2. The monoisotopic (exact) mass is 467 g/mol. The molecule has 2 aromatic carbocycles. The van der Waals surface area contributed by atoms with Crippen LogP contribution in [0.5, 0.6) is 0 Å². The predicted octanol–water partition coefficient (Wildman–Crippen LogP) is 4.24. The summed E-state index contributed by atoms with van der Waals surface area (Å²) in [6.45, 7) is 8.92. The highest BCUT2D eigenvalue weighted by molar-refractivity contribution is 6.30. The Morgan fingerprint density at radius 3 is 2.54 bits per heavy atom. The van der Waals surface area contributed by atoms with Crippen molar-refractivity contribution in [2.45, 2.75) is 58.0 Å². The molecule has 4 fully saturated rings. The van der Waals surface area contributed by atoms with E-state index in [4.69, 9.17) is 0 Å². The first-order valence-corrected chi connectivity index (χ1v) is 12.5. The van der Waals surface area contributed by atoms with Gasteiger partial charge in [-0.2, -0.15) is 4.74 Å². The van der Waals surface area contributed by atoms with E-state index in [2.05, 4.69) is 57.3 Å². The zero-order valence-electron chi connectivity index (χ0n) is 20.6. The molecule has 2 spiro atoms. The Hall–Kier alpha value is -3.41. The number of piperazine rings is 1. The number of fused-ring (bicyclic) bond motifs is 4. The second-order valence-electron chi connectivity index (χ2n) is 11.7. The number of piperidine rings is 2. The summed E-state index contributed by atoms with van der Waals surface area (Å²) in [6.07, 6.45) is 4.04. The second kappa shape index (κ2) is 6.23. The van der Waals surface area contributed by atoms with Crippen LogP contribution in [0.2, 0.25) is 0 Å². The molecule has 2 amide bonds. The maximum absolute atomic E-state index is 13.9. The van der Waals surface area contributed by atoms with Crippen molar-refractivity contribution < 1.29 is 14.3 Å². The molecule has 2 aromatic rings. The Labute approximate surface area is 204 Å². The van der Waals surface area contributed by atoms with Gasteiger partial charge >= 0.3 is 0 Å². The van der Waals surface area contributed by atoms with E-state index in [-0.39, 0.29) is 17.7 Å². The van der Waals surface area contributed by atoms with E-state index >= 15 is 0 Å². The molecule has 6 heteroatoms. The van der Waals surface area contributed by atoms with Crippen LogP contribution >= 0.6 is 0 Å². The average molecular weight is 468 g/mol. The Kier molecular flexibility index (Phi) is 3.72. The molecule has 3 atom stereocenters. The molecule has 6 nitrogen and oxygen atoms in total. The zero-order valence-corrected chi connectivity index (χ0v) is 20.6. The summed E-state index contributed by atoms with van der Waals surface area (Å²) in [5.41, 5.74) is 4.92. The van der Waals surface area contributed by atoms with Crippen LogP contribution in [0.15, 0.2) is 42.5 Å². The third-order valence-electron chi connectivity index (χ3n) is 9.30. The van der Waals surface area contributed by atoms with Crippen molar-refractivity contribution in [3.63, 3.8) is 0 Å². The maximum Gasteiger partial charge on any atom is 0.253 e. The molecule has 0 saturated carbocycles. The van der Waals surface area contributed by atoms with Crippen LogP contribution in [0.4, 0.5) is 5.69 Å². The minimum Gasteiger partial charge on any atom is -0.618 e. The number of hydrogen-bond acceptors (Lipinski definition) is 3. The van der Waals surface area contributed by atoms with Gasteiger partial charge in [0.25, 0.3) is 5.91 Å². The Balaban J connectivity index is 1.44. The van der Waals surface area contributed by atoms with E-state index < -0.39 is 16.5 Å². The largest absolute Gasteiger partial charge is 0.618 e. The number of rotatable bonds is 1. The van der Waals surface area contributed by atoms with Gasteiger partial charge in [-0.15, -0.1) is 0 Å². The number of benzene rings is 2. The third-order valence-corrected chi connectivity index (χ3v) is 9.30. The van der Waals surface area contributed by atoms with Crippen LogP contribution in [0.1, 0.15) is 49.8 Å². The van der Waals surface area contributed by atoms with Gasteiger partial charge in [0, 0.05) is 18.5 Å². The highest BCUT2D eigenvalue weighted by Crippen LogP contribution is 2.60. The lowest BCUT2D eigenvalue weighted by Gasteiger charge is -2.62. The number of nitrogens with zero attached hydrogens (tertiary/aromatic N) is 2. The van der Waals surface area contributed by atoms with Crippen LogP contribution in [0.3, 0.4) is 0 Å². The van der Waals surface area contributed by atoms with Crippen LogP contribution < -0.4 is 5.32 Å². The van der Waals surface area contributed by atoms with Crippen molar-refractivity contribution >= 4 is 28.8 Å². The molecule has 178 valence electrons. The van der Waals surface area contributed by atoms with E-state index in [0.717, 1.165) is 33.4 Å². The molecule has 1 N–H and O–H groups in total. The van der Waals surface area contributed by atoms with Crippen LogP contribution in [-0.2, 0) is 9.59 Å². The van der Waals surface area contributed by atoms with Gasteiger partial charge in [-0.05, 0) is 70.2 Å². The average Bonchev–Trinajstić information content (AvgIpc) is 3.35. The standard InChI is InChI=1S/C29H29N3O3/c1-16-10-17(2)12-19(11-16)18-6-7-20-21-14-29-23(27(3,4)24(21)32(35)22(20)13-18)15-28(25(33)30-29)8-5-9-31(28)26(29)34/h6-7,10-14,23H,5,8-9,15H2,1-4H3,(H,30,33)/t23?,28-,29-/m0/s1. The van der Waals surface area contributed by atoms with Crippen LogP contribution in [0, 0.1) is 30.4 Å². The fourth-order valence-electron chi connectivity index (χ4n) is 7.81. The summed E-state index contributed by atoms with van der Waals surface area (Å²) < 4.78 is 1.08. The van der Waals surface area contributed by atoms with Gasteiger partial charge in [0.1, 0.15) is 11.1 Å². The van der Waals surface area contributed by atoms with E-state index in [0.29, 0.717) is 30.8 Å². The smallest absolute Gasteiger partial charge is 0.253 e. The maximum atomic E-state index is 13.9. The molecule has 0 radical (unpaired) electrons. The van der Waals surface area contributed by atoms with Crippen LogP contribution in [-0.4, -0.2) is 44.8 Å². The number of allylic oxidation sites excluding steroid dienone is 1. The number of hydrogen-bond donors (Lipinski definition) is 1. The quantitative estimate of drug-likeness (QED) is 0.504. The number of nitrogens with one attached hydrogen (secondary N) is 1. The van der Waals surface area contributed by atoms with Crippen molar-refractivity contribution in [1.29, 1.82) is 0 Å². The topological polar surface area (TPSA) is 75.5 Å². The highest BCUT2D eigenvalue weighted by Gasteiger charge is 2.73. The first-order chi connectivity index (χ1) is 16.6. The van der Waals surface area contributed by atoms with Gasteiger partial charge < -0.3 is 15.4 Å². The fourth-order valence-corrected chi connectivity index (χ4v) is 7.81. The minimum absolute atomic E-state index is 0.0109. The van der Waals surface area contributed by atoms with Crippen LogP contribution in [0.25, 0.3) is 16.7 Å². The number of amides is 2. The lowest BCUT2D eigenvalue weighted by atomic mass is 9.51. The molecule has 2 bridgehead atoms. The number of aryl methyl sites for hydroxylation is 2. The van der Waals surface area contributed by atoms with E-state index in [1.807, 2.05) is 23.1 Å². The molecule has 8 rings (SSSR count). The van der Waals surface area contributed by atoms with Gasteiger partial charge in [0.15, 0.2) is 0 Å². The summed E-state index contributed by atoms with van der Waals surface area (Å²) in [7, 11) is 0. The van der Waals surface area contributed by atoms with E-state index in [1.165, 1.54) is 11.1 Å². The zero-order chi connectivity index (χ0) is 24.5. The lowest BCUT2D eigenvalue weighted by Crippen LogP contribution is -2.83. The molecule has 5 aliphatic heterocycles. The van der Waals surface area contributed by atoms with Crippen molar-refractivity contribution in [2.75, 3.05) is 6.54 Å². The van der Waals surface area contributed by atoms with Crippen molar-refractivity contribution in [1.82, 2.24) is 10.2 Å². The van der Waals surface area contributed by atoms with E-state index in [9.17, 15) is 14.8 Å². The van der Waals surface area contributed by atoms with E-state index in [1.54, 1.807) is 0 Å². The molecular weight excluding hydrogens is 438 g/mol. The second-order valence-corrected chi connectivity index (χ2v) is 11.7. The Morgan fingerprint density at radius 2 is 1.80 bits per heavy atom. The molecule has 0 aromatic heterocycles. The minimum atomic E-state index is -1.10. The van der Waals surface area contributed by atoms with Crippen molar-refractivity contribution in [3.8, 4) is 11.1 Å². The summed E-state index contributed by atoms with van der Waals surface area (Å²) in [5, 5.41) is 17.0. The van der Waals surface area contributed by atoms with Gasteiger partial charge in [0.05, 0.1) is 16.6 Å². The Morgan fingerprint density at radius 1 is 1.06 bits per heavy atom. The molecule has 1 aliphatic carbocycles. The molecule has 4 saturated heterocycles.